The van der Waals surface area contributed by atoms with Crippen molar-refractivity contribution in [3.05, 3.63) is 58.6 Å². The van der Waals surface area contributed by atoms with Crippen molar-refractivity contribution in [2.75, 3.05) is 53.5 Å². The molecule has 2 heterocycles. The molecular formula is C26H30ClN3O5. The predicted molar refractivity (Wildman–Crippen MR) is 132 cm³/mol. The van der Waals surface area contributed by atoms with Crippen LogP contribution < -0.4 is 9.47 Å². The molecule has 0 N–H and O–H groups in total. The van der Waals surface area contributed by atoms with Crippen LogP contribution in [0.1, 0.15) is 22.3 Å². The molecular weight excluding hydrogens is 470 g/mol. The second-order valence-electron chi connectivity index (χ2n) is 8.78. The van der Waals surface area contributed by atoms with Gasteiger partial charge in [-0.1, -0.05) is 29.8 Å². The Labute approximate surface area is 210 Å². The average molecular weight is 500 g/mol. The third kappa shape index (κ3) is 5.53. The van der Waals surface area contributed by atoms with Crippen LogP contribution in [-0.2, 0) is 16.0 Å². The third-order valence-electron chi connectivity index (χ3n) is 6.66. The van der Waals surface area contributed by atoms with E-state index < -0.39 is 0 Å². The summed E-state index contributed by atoms with van der Waals surface area (Å²) in [6.07, 6.45) is 0.888. The summed E-state index contributed by atoms with van der Waals surface area (Å²) in [5, 5.41) is 0.425. The normalized spacial score (nSPS) is 18.1. The molecule has 35 heavy (non-hydrogen) atoms. The molecule has 0 radical (unpaired) electrons. The lowest BCUT2D eigenvalue weighted by molar-refractivity contribution is -0.137. The first kappa shape index (κ1) is 24.9. The van der Waals surface area contributed by atoms with E-state index in [-0.39, 0.29) is 30.1 Å². The number of ether oxygens (including phenoxy) is 2. The largest absolute Gasteiger partial charge is 0.493 e. The summed E-state index contributed by atoms with van der Waals surface area (Å²) in [6.45, 7) is 2.75. The van der Waals surface area contributed by atoms with Crippen LogP contribution in [0.4, 0.5) is 0 Å². The van der Waals surface area contributed by atoms with Crippen LogP contribution in [0.3, 0.4) is 0 Å². The van der Waals surface area contributed by atoms with Crippen molar-refractivity contribution < 1.29 is 23.9 Å². The van der Waals surface area contributed by atoms with Crippen molar-refractivity contribution >= 4 is 29.3 Å². The number of hydrogen-bond acceptors (Lipinski definition) is 5. The van der Waals surface area contributed by atoms with Gasteiger partial charge in [-0.2, -0.15) is 0 Å². The molecule has 1 unspecified atom stereocenters. The quantitative estimate of drug-likeness (QED) is 0.585. The van der Waals surface area contributed by atoms with Crippen molar-refractivity contribution in [3.8, 4) is 11.5 Å². The summed E-state index contributed by atoms with van der Waals surface area (Å²) in [6, 6.07) is 12.7. The van der Waals surface area contributed by atoms with Crippen LogP contribution in [0.2, 0.25) is 5.02 Å². The van der Waals surface area contributed by atoms with Crippen molar-refractivity contribution in [1.29, 1.82) is 0 Å². The maximum atomic E-state index is 13.1. The average Bonchev–Trinajstić information content (AvgIpc) is 3.27. The van der Waals surface area contributed by atoms with E-state index in [2.05, 4.69) is 0 Å². The maximum absolute atomic E-state index is 13.1. The van der Waals surface area contributed by atoms with Gasteiger partial charge in [-0.15, -0.1) is 0 Å². The maximum Gasteiger partial charge on any atom is 0.255 e. The highest BCUT2D eigenvalue weighted by Gasteiger charge is 2.37. The molecule has 9 heteroatoms. The number of piperazine rings is 1. The summed E-state index contributed by atoms with van der Waals surface area (Å²) in [5.41, 5.74) is 1.50. The Morgan fingerprint density at radius 2 is 1.66 bits per heavy atom. The van der Waals surface area contributed by atoms with Crippen molar-refractivity contribution in [2.24, 2.45) is 5.92 Å². The summed E-state index contributed by atoms with van der Waals surface area (Å²) in [7, 11) is 3.18. The van der Waals surface area contributed by atoms with Crippen molar-refractivity contribution in [1.82, 2.24) is 14.7 Å². The Bertz CT molecular complexity index is 1100. The number of carbonyl (C=O) groups is 3. The number of hydrogen-bond donors (Lipinski definition) is 0. The second-order valence-corrected chi connectivity index (χ2v) is 9.18. The van der Waals surface area contributed by atoms with E-state index in [0.717, 1.165) is 5.56 Å². The first-order valence-electron chi connectivity index (χ1n) is 11.7. The smallest absolute Gasteiger partial charge is 0.255 e. The molecule has 2 saturated heterocycles. The Hall–Kier alpha value is -3.26. The van der Waals surface area contributed by atoms with Gasteiger partial charge in [0.25, 0.3) is 5.91 Å². The minimum absolute atomic E-state index is 0.00337. The molecule has 8 nitrogen and oxygen atoms in total. The molecule has 2 aliphatic rings. The minimum Gasteiger partial charge on any atom is -0.493 e. The first-order chi connectivity index (χ1) is 16.9. The van der Waals surface area contributed by atoms with Crippen LogP contribution >= 0.6 is 11.6 Å². The number of amides is 3. The highest BCUT2D eigenvalue weighted by molar-refractivity contribution is 6.33. The van der Waals surface area contributed by atoms with Crippen LogP contribution in [0.5, 0.6) is 11.5 Å². The van der Waals surface area contributed by atoms with E-state index in [1.165, 1.54) is 0 Å². The Morgan fingerprint density at radius 1 is 0.971 bits per heavy atom. The van der Waals surface area contributed by atoms with Gasteiger partial charge in [-0.25, -0.2) is 0 Å². The van der Waals surface area contributed by atoms with E-state index in [1.807, 2.05) is 18.2 Å². The first-order valence-corrected chi connectivity index (χ1v) is 12.1. The van der Waals surface area contributed by atoms with Gasteiger partial charge in [0.05, 0.1) is 30.7 Å². The number of halogens is 1. The van der Waals surface area contributed by atoms with Gasteiger partial charge in [0.2, 0.25) is 11.8 Å². The molecule has 0 saturated carbocycles. The highest BCUT2D eigenvalue weighted by Crippen LogP contribution is 2.28. The van der Waals surface area contributed by atoms with Crippen LogP contribution in [0.25, 0.3) is 0 Å². The summed E-state index contributed by atoms with van der Waals surface area (Å²) >= 11 is 6.16. The zero-order chi connectivity index (χ0) is 24.9. The Kier molecular flexibility index (Phi) is 7.80. The van der Waals surface area contributed by atoms with Gasteiger partial charge in [-0.3, -0.25) is 14.4 Å². The summed E-state index contributed by atoms with van der Waals surface area (Å²) in [4.78, 5) is 43.7. The number of likely N-dealkylation sites (tertiary alicyclic amines) is 1. The molecule has 2 aromatic carbocycles. The molecule has 186 valence electrons. The molecule has 2 fully saturated rings. The van der Waals surface area contributed by atoms with E-state index in [0.29, 0.717) is 67.8 Å². The fourth-order valence-electron chi connectivity index (χ4n) is 4.65. The van der Waals surface area contributed by atoms with Crippen LogP contribution in [0.15, 0.2) is 42.5 Å². The van der Waals surface area contributed by atoms with Crippen molar-refractivity contribution in [2.45, 2.75) is 12.8 Å². The fourth-order valence-corrected chi connectivity index (χ4v) is 4.86. The highest BCUT2D eigenvalue weighted by atomic mass is 35.5. The molecule has 0 bridgehead atoms. The van der Waals surface area contributed by atoms with Gasteiger partial charge in [-0.05, 0) is 36.2 Å². The molecule has 3 amide bonds. The van der Waals surface area contributed by atoms with Crippen LogP contribution in [-0.4, -0.2) is 85.9 Å². The van der Waals surface area contributed by atoms with E-state index in [4.69, 9.17) is 21.1 Å². The van der Waals surface area contributed by atoms with Crippen LogP contribution in [0, 0.1) is 5.92 Å². The zero-order valence-corrected chi connectivity index (χ0v) is 20.8. The molecule has 0 aliphatic carbocycles. The van der Waals surface area contributed by atoms with E-state index in [9.17, 15) is 14.4 Å². The fraction of sp³-hybridized carbons (Fsp3) is 0.423. The van der Waals surface area contributed by atoms with E-state index in [1.54, 1.807) is 53.2 Å². The zero-order valence-electron chi connectivity index (χ0n) is 20.0. The number of carbonyl (C=O) groups excluding carboxylic acids is 3. The Balaban J connectivity index is 1.28. The molecule has 2 aromatic rings. The monoisotopic (exact) mass is 499 g/mol. The summed E-state index contributed by atoms with van der Waals surface area (Å²) < 4.78 is 10.6. The standard InChI is InChI=1S/C26H30ClN3O5/c1-34-22-8-7-18(15-23(22)35-2)9-10-30-17-19(16-24(30)31)25(32)28-11-13-29(14-12-28)26(33)20-5-3-4-6-21(20)27/h3-8,15,19H,9-14,16-17H2,1-2H3. The van der Waals surface area contributed by atoms with Crippen molar-refractivity contribution in [3.63, 3.8) is 0 Å². The lowest BCUT2D eigenvalue weighted by Gasteiger charge is -2.36. The third-order valence-corrected chi connectivity index (χ3v) is 6.99. The molecule has 2 aliphatic heterocycles. The number of nitrogens with zero attached hydrogens (tertiary/aromatic N) is 3. The summed E-state index contributed by atoms with van der Waals surface area (Å²) in [5.74, 6) is 0.817. The van der Waals surface area contributed by atoms with Gasteiger partial charge in [0, 0.05) is 45.7 Å². The number of methoxy groups -OCH3 is 2. The predicted octanol–water partition coefficient (Wildman–Crippen LogP) is 2.73. The second kappa shape index (κ2) is 11.0. The molecule has 4 rings (SSSR count). The van der Waals surface area contributed by atoms with Gasteiger partial charge in [0.1, 0.15) is 0 Å². The SMILES string of the molecule is COc1ccc(CCN2CC(C(=O)N3CCN(C(=O)c4ccccc4Cl)CC3)CC2=O)cc1OC. The number of benzene rings is 2. The Morgan fingerprint density at radius 3 is 2.34 bits per heavy atom. The molecule has 0 spiro atoms. The van der Waals surface area contributed by atoms with Gasteiger partial charge >= 0.3 is 0 Å². The van der Waals surface area contributed by atoms with Gasteiger partial charge in [0.15, 0.2) is 11.5 Å². The lowest BCUT2D eigenvalue weighted by Crippen LogP contribution is -2.52. The van der Waals surface area contributed by atoms with E-state index >= 15 is 0 Å². The lowest BCUT2D eigenvalue weighted by atomic mass is 10.1. The minimum atomic E-state index is -0.348. The number of rotatable bonds is 7. The molecule has 0 aromatic heterocycles. The topological polar surface area (TPSA) is 79.4 Å². The molecule has 1 atom stereocenters. The van der Waals surface area contributed by atoms with Gasteiger partial charge < -0.3 is 24.2 Å².